The molecule has 0 spiro atoms. The van der Waals surface area contributed by atoms with E-state index in [4.69, 9.17) is 82.9 Å². The van der Waals surface area contributed by atoms with Gasteiger partial charge in [-0.15, -0.1) is 0 Å². The number of methoxy groups -OCH3 is 2. The highest BCUT2D eigenvalue weighted by Crippen LogP contribution is 2.37. The van der Waals surface area contributed by atoms with Crippen molar-refractivity contribution >= 4 is 51.6 Å². The number of rotatable bonds is 60. The summed E-state index contributed by atoms with van der Waals surface area (Å²) in [5.41, 5.74) is 19.4. The first-order valence-corrected chi connectivity index (χ1v) is 45.8. The maximum Gasteiger partial charge on any atom is 0.407 e. The molecule has 33 nitrogen and oxygen atoms in total. The van der Waals surface area contributed by atoms with Crippen molar-refractivity contribution in [3.63, 3.8) is 0 Å². The molecule has 0 radical (unpaired) electrons. The lowest BCUT2D eigenvalue weighted by Crippen LogP contribution is -2.55. The van der Waals surface area contributed by atoms with Gasteiger partial charge in [-0.05, 0) is 174 Å². The zero-order chi connectivity index (χ0) is 90.8. The number of carbonyl (C=O) groups excluding carboxylic acids is 4. The molecule has 2 saturated heterocycles. The molecule has 708 valence electrons. The molecular formula is C94H145N11O22. The van der Waals surface area contributed by atoms with Crippen molar-refractivity contribution in [2.24, 2.45) is 29.4 Å². The van der Waals surface area contributed by atoms with Gasteiger partial charge in [-0.25, -0.2) is 24.4 Å². The van der Waals surface area contributed by atoms with Gasteiger partial charge in [0.2, 0.25) is 11.7 Å². The molecule has 2 unspecified atom stereocenters. The number of aromatic amines is 1. The number of nitrogens with two attached hydrogens (primary N) is 2. The van der Waals surface area contributed by atoms with Gasteiger partial charge < -0.3 is 118 Å². The van der Waals surface area contributed by atoms with Crippen molar-refractivity contribution < 1.29 is 106 Å². The van der Waals surface area contributed by atoms with Crippen molar-refractivity contribution in [1.82, 2.24) is 44.8 Å². The number of piperidine rings is 1. The summed E-state index contributed by atoms with van der Waals surface area (Å²) in [5.74, 6) is -3.20. The largest absolute Gasteiger partial charge is 0.446 e. The number of hydrogen-bond donors (Lipinski definition) is 8. The number of H-pyrrole nitrogens is 1. The SMILES string of the molecule is COC(CC[C@H](C)/C=C(\C)[C@@H](O)[C@@H](O)C(C)(O)[C@H](C)C[C@H](C)/C=C/C=C/C=C(\C)[C@H](C[C@@H]1CCC[C@](O)(C(=O)C(=O)N2CCCCC2)O1)OC)[C@H](N)CC1CCC(OC(=O)NCCOCCOCCOCCOCCOCCOCCOCCOCCOCCOCCC(=O)N2CCc3cc(Cn4nc(-c5cnc6[nH]ccc6c5)c5c(N)ncnc54)ccc3C2)CC1. The van der Waals surface area contributed by atoms with Crippen molar-refractivity contribution in [2.45, 2.75) is 218 Å². The number of anilines is 1. The Morgan fingerprint density at radius 3 is 1.94 bits per heavy atom. The van der Waals surface area contributed by atoms with E-state index in [2.05, 4.69) is 50.4 Å². The van der Waals surface area contributed by atoms with Crippen LogP contribution < -0.4 is 16.8 Å². The highest BCUT2D eigenvalue weighted by atomic mass is 16.6. The van der Waals surface area contributed by atoms with E-state index < -0.39 is 47.5 Å². The summed E-state index contributed by atoms with van der Waals surface area (Å²) in [6.07, 6.45) is 23.9. The number of Topliss-reactive ketones (excluding diaryl/α,β-unsaturated/α-hetero) is 1. The lowest BCUT2D eigenvalue weighted by molar-refractivity contribution is -0.244. The van der Waals surface area contributed by atoms with E-state index in [1.54, 1.807) is 34.3 Å². The van der Waals surface area contributed by atoms with Gasteiger partial charge in [0.1, 0.15) is 41.8 Å². The molecular weight excluding hydrogens is 1640 g/mol. The van der Waals surface area contributed by atoms with E-state index in [1.165, 1.54) is 16.8 Å². The first-order chi connectivity index (χ1) is 61.4. The Hall–Kier alpha value is -7.62. The number of amides is 3. The average Bonchev–Trinajstić information content (AvgIpc) is 1.62. The van der Waals surface area contributed by atoms with Crippen molar-refractivity contribution in [2.75, 3.05) is 178 Å². The fourth-order valence-electron chi connectivity index (χ4n) is 16.7. The molecule has 3 fully saturated rings. The molecule has 1 aliphatic carbocycles. The van der Waals surface area contributed by atoms with Crippen molar-refractivity contribution in [3.05, 3.63) is 113 Å². The van der Waals surface area contributed by atoms with Crippen LogP contribution in [0.25, 0.3) is 33.3 Å². The summed E-state index contributed by atoms with van der Waals surface area (Å²) in [5, 5.41) is 55.1. The predicted molar refractivity (Wildman–Crippen MR) is 480 cm³/mol. The molecule has 1 saturated carbocycles. The molecule has 3 amide bonds. The van der Waals surface area contributed by atoms with Gasteiger partial charge >= 0.3 is 6.09 Å². The second-order valence-electron chi connectivity index (χ2n) is 34.2. The third kappa shape index (κ3) is 34.2. The molecule has 33 heteroatoms. The quantitative estimate of drug-likeness (QED) is 0.00777. The molecule has 0 bridgehead atoms. The smallest absolute Gasteiger partial charge is 0.407 e. The third-order valence-electron chi connectivity index (χ3n) is 24.4. The zero-order valence-corrected chi connectivity index (χ0v) is 76.3. The minimum absolute atomic E-state index is 0.0332. The van der Waals surface area contributed by atoms with E-state index in [-0.39, 0.29) is 54.4 Å². The Morgan fingerprint density at radius 2 is 1.31 bits per heavy atom. The Labute approximate surface area is 749 Å². The number of benzene rings is 1. The summed E-state index contributed by atoms with van der Waals surface area (Å²) in [7, 11) is 3.29. The van der Waals surface area contributed by atoms with Gasteiger partial charge in [-0.3, -0.25) is 14.4 Å². The maximum absolute atomic E-state index is 13.2. The molecule has 1 aromatic carbocycles. The summed E-state index contributed by atoms with van der Waals surface area (Å²) in [6, 6.07) is 10.2. The van der Waals surface area contributed by atoms with Crippen LogP contribution in [-0.4, -0.2) is 310 Å². The lowest BCUT2D eigenvalue weighted by atomic mass is 9.77. The topological polar surface area (TPSA) is 421 Å². The lowest BCUT2D eigenvalue weighted by Gasteiger charge is -2.38. The van der Waals surface area contributed by atoms with Crippen LogP contribution in [0.4, 0.5) is 10.6 Å². The number of hydrogen-bond acceptors (Lipinski definition) is 28. The second kappa shape index (κ2) is 55.5. The molecule has 11 atom stereocenters. The summed E-state index contributed by atoms with van der Waals surface area (Å²) < 4.78 is 81.3. The number of alkyl carbamates (subject to hydrolysis) is 1. The number of nitrogens with zero attached hydrogens (tertiary/aromatic N) is 7. The number of pyridine rings is 1. The van der Waals surface area contributed by atoms with Crippen LogP contribution in [0, 0.1) is 23.7 Å². The van der Waals surface area contributed by atoms with Gasteiger partial charge in [-0.2, -0.15) is 5.10 Å². The van der Waals surface area contributed by atoms with Crippen LogP contribution in [-0.2, 0) is 100 Å². The molecule has 9 rings (SSSR count). The van der Waals surface area contributed by atoms with Gasteiger partial charge in [0.05, 0.1) is 174 Å². The Kier molecular flexibility index (Phi) is 45.1. The molecule has 7 heterocycles. The minimum atomic E-state index is -2.14. The van der Waals surface area contributed by atoms with Crippen LogP contribution in [0.5, 0.6) is 0 Å². The number of ether oxygens (including phenoxy) is 14. The number of ketones is 1. The molecule has 10 N–H and O–H groups in total. The number of aliphatic hydroxyl groups excluding tert-OH is 2. The number of aliphatic hydroxyl groups is 4. The Balaban J connectivity index is 0.486. The first kappa shape index (κ1) is 103. The summed E-state index contributed by atoms with van der Waals surface area (Å²) in [4.78, 5) is 71.8. The highest BCUT2D eigenvalue weighted by molar-refractivity contribution is 6.38. The van der Waals surface area contributed by atoms with E-state index >= 15 is 0 Å². The van der Waals surface area contributed by atoms with Crippen molar-refractivity contribution in [1.29, 1.82) is 0 Å². The number of nitrogens with one attached hydrogen (secondary N) is 2. The maximum atomic E-state index is 13.2. The van der Waals surface area contributed by atoms with E-state index in [9.17, 15) is 39.6 Å². The fourth-order valence-corrected chi connectivity index (χ4v) is 16.7. The Morgan fingerprint density at radius 1 is 0.693 bits per heavy atom. The predicted octanol–water partition coefficient (Wildman–Crippen LogP) is 9.26. The van der Waals surface area contributed by atoms with E-state index in [0.29, 0.717) is 244 Å². The van der Waals surface area contributed by atoms with Crippen LogP contribution in [0.15, 0.2) is 96.7 Å². The molecule has 127 heavy (non-hydrogen) atoms. The molecule has 4 aromatic heterocycles. The van der Waals surface area contributed by atoms with E-state index in [0.717, 1.165) is 97.5 Å². The van der Waals surface area contributed by atoms with Crippen LogP contribution in [0.2, 0.25) is 0 Å². The fraction of sp³-hybridized carbons (Fsp3) is 0.681. The van der Waals surface area contributed by atoms with Gasteiger partial charge in [0.15, 0.2) is 5.65 Å². The standard InChI is InChI=1S/C94H145N11O22/c1-66(16-11-9-12-17-68(3)81(115-8)61-78-18-15-30-94(113,127-78)87(109)91(110)103-33-13-10-14-34-103)57-70(5)93(6,112)86(108)85(107)69(4)56-67(2)19-26-80(114-7)79(95)59-71-21-24-77(25-22-71)126-92(111)98-32-37-117-39-41-119-43-45-121-47-49-123-51-53-125-55-54-124-52-50-122-48-46-120-44-42-118-40-38-116-36-29-82(106)104-35-28-73-58-72(20-23-75(73)64-104)63-105-90-83(88(96)100-65-101-90)84(102-105)76-60-74-27-31-97-89(74)99-62-76/h9,11-12,16-17,20,23,27,31,56,58,60,62,65-67,70-71,77-81,85-86,107-108,112-113H,10,13-15,18-19,21-22,24-26,28-30,32-55,57,59,61,63-64,95H2,1-8H3,(H,97,99)(H,98,111)(H2,96,100,101)/b12-9+,16-11+,68-17+,69-56+/t66-,67+,70-,71?,77?,78+,79-,80?,81+,85-,86-,93?,94-/m1/s1. The number of nitrogen functional groups attached to an aromatic ring is 1. The van der Waals surface area contributed by atoms with Gasteiger partial charge in [-0.1, -0.05) is 75.4 Å². The highest BCUT2D eigenvalue weighted by Gasteiger charge is 2.48. The average molecular weight is 1780 g/mol. The number of aromatic nitrogens is 6. The van der Waals surface area contributed by atoms with Gasteiger partial charge in [0.25, 0.3) is 11.7 Å². The minimum Gasteiger partial charge on any atom is -0.446 e. The normalized spacial score (nSPS) is 20.4. The second-order valence-corrected chi connectivity index (χ2v) is 34.2. The van der Waals surface area contributed by atoms with Crippen LogP contribution in [0.1, 0.15) is 161 Å². The molecule has 3 aliphatic heterocycles. The van der Waals surface area contributed by atoms with Crippen LogP contribution >= 0.6 is 0 Å². The summed E-state index contributed by atoms with van der Waals surface area (Å²) >= 11 is 0. The van der Waals surface area contributed by atoms with Gasteiger partial charge in [0, 0.05) is 89.2 Å². The third-order valence-corrected chi connectivity index (χ3v) is 24.4. The number of likely N-dealkylation sites (tertiary alicyclic amines) is 1. The Bertz CT molecular complexity index is 4200. The first-order valence-electron chi connectivity index (χ1n) is 45.8. The van der Waals surface area contributed by atoms with Crippen LogP contribution in [0.3, 0.4) is 0 Å². The number of fused-ring (bicyclic) bond motifs is 3. The monoisotopic (exact) mass is 1780 g/mol. The summed E-state index contributed by atoms with van der Waals surface area (Å²) in [6.45, 7) is 22.6. The van der Waals surface area contributed by atoms with Crippen molar-refractivity contribution in [3.8, 4) is 11.3 Å². The van der Waals surface area contributed by atoms with E-state index in [1.807, 2.05) is 85.1 Å². The number of allylic oxidation sites excluding steroid dienone is 6. The molecule has 5 aromatic rings. The number of carbonyl (C=O) groups is 4. The molecule has 4 aliphatic rings. The zero-order valence-electron chi connectivity index (χ0n) is 76.3.